The Morgan fingerprint density at radius 3 is 2.36 bits per heavy atom. The minimum absolute atomic E-state index is 0.176. The van der Waals surface area contributed by atoms with Crippen LogP contribution in [0.25, 0.3) is 0 Å². The van der Waals surface area contributed by atoms with E-state index in [9.17, 15) is 4.79 Å². The molecule has 0 unspecified atom stereocenters. The maximum atomic E-state index is 10.7. The van der Waals surface area contributed by atoms with Gasteiger partial charge in [0.05, 0.1) is 5.92 Å². The topological polar surface area (TPSA) is 37.3 Å². The van der Waals surface area contributed by atoms with E-state index in [1.807, 2.05) is 37.3 Å². The van der Waals surface area contributed by atoms with Crippen molar-refractivity contribution in [2.75, 3.05) is 0 Å². The van der Waals surface area contributed by atoms with Crippen molar-refractivity contribution < 1.29 is 9.90 Å². The standard InChI is InChI=1S/C12H16O2/c1-9(10(2)12(13)14)8-11-6-4-3-5-7-11/h3-7,9-10H,8H2,1-2H3,(H,13,14)/t9-,10-/m0/s1. The fourth-order valence-electron chi connectivity index (χ4n) is 1.41. The number of carbonyl (C=O) groups is 1. The molecule has 2 nitrogen and oxygen atoms in total. The number of carboxylic acids is 1. The summed E-state index contributed by atoms with van der Waals surface area (Å²) in [5, 5.41) is 8.83. The average Bonchev–Trinajstić information content (AvgIpc) is 2.18. The van der Waals surface area contributed by atoms with Crippen molar-refractivity contribution in [2.24, 2.45) is 11.8 Å². The molecule has 76 valence electrons. The molecule has 0 radical (unpaired) electrons. The van der Waals surface area contributed by atoms with Crippen LogP contribution in [0.1, 0.15) is 19.4 Å². The average molecular weight is 192 g/mol. The maximum absolute atomic E-state index is 10.7. The van der Waals surface area contributed by atoms with Crippen LogP contribution in [0, 0.1) is 11.8 Å². The van der Waals surface area contributed by atoms with Gasteiger partial charge >= 0.3 is 5.97 Å². The molecular formula is C12H16O2. The van der Waals surface area contributed by atoms with Gasteiger partial charge in [0.25, 0.3) is 0 Å². The number of carboxylic acid groups (broad SMARTS) is 1. The van der Waals surface area contributed by atoms with E-state index in [1.165, 1.54) is 5.56 Å². The first kappa shape index (κ1) is 10.8. The van der Waals surface area contributed by atoms with Gasteiger partial charge in [0.1, 0.15) is 0 Å². The van der Waals surface area contributed by atoms with Crippen LogP contribution in [-0.4, -0.2) is 11.1 Å². The van der Waals surface area contributed by atoms with Crippen molar-refractivity contribution in [3.8, 4) is 0 Å². The SMILES string of the molecule is C[C@H](C(=O)O)[C@@H](C)Cc1ccccc1. The molecule has 0 aromatic heterocycles. The summed E-state index contributed by atoms with van der Waals surface area (Å²) in [6.07, 6.45) is 0.828. The van der Waals surface area contributed by atoms with Gasteiger partial charge in [0.15, 0.2) is 0 Å². The highest BCUT2D eigenvalue weighted by Crippen LogP contribution is 2.16. The quantitative estimate of drug-likeness (QED) is 0.796. The molecule has 0 spiro atoms. The van der Waals surface area contributed by atoms with E-state index in [1.54, 1.807) is 6.92 Å². The molecule has 0 fully saturated rings. The summed E-state index contributed by atoms with van der Waals surface area (Å²) in [7, 11) is 0. The Kier molecular flexibility index (Phi) is 3.69. The van der Waals surface area contributed by atoms with Crippen molar-refractivity contribution in [1.82, 2.24) is 0 Å². The molecule has 1 N–H and O–H groups in total. The van der Waals surface area contributed by atoms with Crippen molar-refractivity contribution >= 4 is 5.97 Å². The monoisotopic (exact) mass is 192 g/mol. The zero-order chi connectivity index (χ0) is 10.6. The van der Waals surface area contributed by atoms with E-state index < -0.39 is 5.97 Å². The van der Waals surface area contributed by atoms with E-state index in [0.717, 1.165) is 6.42 Å². The summed E-state index contributed by atoms with van der Waals surface area (Å²) in [6.45, 7) is 3.74. The molecule has 1 aromatic rings. The van der Waals surface area contributed by atoms with Crippen LogP contribution in [0.15, 0.2) is 30.3 Å². The molecular weight excluding hydrogens is 176 g/mol. The molecule has 1 rings (SSSR count). The van der Waals surface area contributed by atoms with Crippen LogP contribution in [0.5, 0.6) is 0 Å². The zero-order valence-electron chi connectivity index (χ0n) is 8.60. The van der Waals surface area contributed by atoms with Crippen molar-refractivity contribution in [1.29, 1.82) is 0 Å². The fraction of sp³-hybridized carbons (Fsp3) is 0.417. The normalized spacial score (nSPS) is 14.7. The predicted molar refractivity (Wildman–Crippen MR) is 56.1 cm³/mol. The zero-order valence-corrected chi connectivity index (χ0v) is 8.60. The molecule has 2 atom stereocenters. The lowest BCUT2D eigenvalue weighted by Crippen LogP contribution is -2.19. The Bertz CT molecular complexity index is 292. The summed E-state index contributed by atoms with van der Waals surface area (Å²) < 4.78 is 0. The molecule has 0 aliphatic carbocycles. The third-order valence-electron chi connectivity index (χ3n) is 2.64. The van der Waals surface area contributed by atoms with Crippen LogP contribution in [0.3, 0.4) is 0 Å². The minimum Gasteiger partial charge on any atom is -0.481 e. The number of aliphatic carboxylic acids is 1. The van der Waals surface area contributed by atoms with E-state index in [-0.39, 0.29) is 11.8 Å². The molecule has 0 aliphatic heterocycles. The summed E-state index contributed by atoms with van der Waals surface area (Å²) in [5.74, 6) is -0.821. The van der Waals surface area contributed by atoms with Gasteiger partial charge in [-0.2, -0.15) is 0 Å². The summed E-state index contributed by atoms with van der Waals surface area (Å²) >= 11 is 0. The van der Waals surface area contributed by atoms with Crippen molar-refractivity contribution in [2.45, 2.75) is 20.3 Å². The van der Waals surface area contributed by atoms with Gasteiger partial charge in [-0.05, 0) is 17.9 Å². The second-order valence-corrected chi connectivity index (χ2v) is 3.79. The molecule has 0 bridgehead atoms. The molecule has 1 aromatic carbocycles. The molecule has 0 saturated heterocycles. The van der Waals surface area contributed by atoms with E-state index in [2.05, 4.69) is 0 Å². The van der Waals surface area contributed by atoms with Gasteiger partial charge in [-0.25, -0.2) is 0 Å². The highest BCUT2D eigenvalue weighted by atomic mass is 16.4. The molecule has 0 aliphatic rings. The van der Waals surface area contributed by atoms with E-state index >= 15 is 0 Å². The Labute approximate surface area is 84.6 Å². The van der Waals surface area contributed by atoms with Gasteiger partial charge in [-0.1, -0.05) is 44.2 Å². The highest BCUT2D eigenvalue weighted by molar-refractivity contribution is 5.69. The number of benzene rings is 1. The van der Waals surface area contributed by atoms with Gasteiger partial charge in [-0.15, -0.1) is 0 Å². The van der Waals surface area contributed by atoms with Crippen LogP contribution in [-0.2, 0) is 11.2 Å². The molecule has 2 heteroatoms. The fourth-order valence-corrected chi connectivity index (χ4v) is 1.41. The summed E-state index contributed by atoms with van der Waals surface area (Å²) in [6, 6.07) is 9.99. The molecule has 0 saturated carbocycles. The highest BCUT2D eigenvalue weighted by Gasteiger charge is 2.19. The lowest BCUT2D eigenvalue weighted by molar-refractivity contribution is -0.142. The van der Waals surface area contributed by atoms with Gasteiger partial charge in [0, 0.05) is 0 Å². The second-order valence-electron chi connectivity index (χ2n) is 3.79. The first-order valence-corrected chi connectivity index (χ1v) is 4.88. The van der Waals surface area contributed by atoms with E-state index in [4.69, 9.17) is 5.11 Å². The predicted octanol–water partition coefficient (Wildman–Crippen LogP) is 2.59. The summed E-state index contributed by atoms with van der Waals surface area (Å²) in [5.41, 5.74) is 1.20. The molecule has 0 heterocycles. The van der Waals surface area contributed by atoms with Crippen LogP contribution < -0.4 is 0 Å². The van der Waals surface area contributed by atoms with Crippen LogP contribution >= 0.6 is 0 Å². The Morgan fingerprint density at radius 1 is 1.29 bits per heavy atom. The van der Waals surface area contributed by atoms with Crippen molar-refractivity contribution in [3.63, 3.8) is 0 Å². The molecule has 14 heavy (non-hydrogen) atoms. The largest absolute Gasteiger partial charge is 0.481 e. The maximum Gasteiger partial charge on any atom is 0.306 e. The first-order valence-electron chi connectivity index (χ1n) is 4.88. The smallest absolute Gasteiger partial charge is 0.306 e. The van der Waals surface area contributed by atoms with Gasteiger partial charge in [-0.3, -0.25) is 4.79 Å². The number of hydrogen-bond donors (Lipinski definition) is 1. The van der Waals surface area contributed by atoms with Crippen LogP contribution in [0.4, 0.5) is 0 Å². The summed E-state index contributed by atoms with van der Waals surface area (Å²) in [4.78, 5) is 10.7. The van der Waals surface area contributed by atoms with Gasteiger partial charge < -0.3 is 5.11 Å². The minimum atomic E-state index is -0.714. The van der Waals surface area contributed by atoms with Gasteiger partial charge in [0.2, 0.25) is 0 Å². The Balaban J connectivity index is 2.57. The molecule has 0 amide bonds. The Morgan fingerprint density at radius 2 is 1.86 bits per heavy atom. The third-order valence-corrected chi connectivity index (χ3v) is 2.64. The lowest BCUT2D eigenvalue weighted by atomic mass is 9.90. The van der Waals surface area contributed by atoms with Crippen molar-refractivity contribution in [3.05, 3.63) is 35.9 Å². The number of hydrogen-bond acceptors (Lipinski definition) is 1. The van der Waals surface area contributed by atoms with E-state index in [0.29, 0.717) is 0 Å². The third kappa shape index (κ3) is 2.87. The second kappa shape index (κ2) is 4.80. The Hall–Kier alpha value is -1.31. The first-order chi connectivity index (χ1) is 6.61. The lowest BCUT2D eigenvalue weighted by Gasteiger charge is -2.15. The van der Waals surface area contributed by atoms with Crippen LogP contribution in [0.2, 0.25) is 0 Å². The number of rotatable bonds is 4.